The molecule has 37 heavy (non-hydrogen) atoms. The number of Topliss-reactive ketones (excluding diaryl/α,β-unsaturated/α-hetero) is 1. The molecule has 0 spiro atoms. The summed E-state index contributed by atoms with van der Waals surface area (Å²) in [5, 5.41) is 0. The quantitative estimate of drug-likeness (QED) is 0.259. The Morgan fingerprint density at radius 2 is 1.38 bits per heavy atom. The van der Waals surface area contributed by atoms with Gasteiger partial charge in [0.05, 0.1) is 27.0 Å². The summed E-state index contributed by atoms with van der Waals surface area (Å²) in [4.78, 5) is 14.0. The average molecular weight is 492 g/mol. The zero-order valence-electron chi connectivity index (χ0n) is 21.4. The van der Waals surface area contributed by atoms with Gasteiger partial charge in [-0.1, -0.05) is 66.7 Å². The summed E-state index contributed by atoms with van der Waals surface area (Å²) in [5.74, 6) is 1.24. The van der Waals surface area contributed by atoms with Crippen LogP contribution in [0.15, 0.2) is 96.1 Å². The van der Waals surface area contributed by atoms with Crippen molar-refractivity contribution in [2.24, 2.45) is 0 Å². The van der Waals surface area contributed by atoms with Crippen LogP contribution in [0.25, 0.3) is 28.5 Å². The van der Waals surface area contributed by atoms with Gasteiger partial charge < -0.3 is 18.8 Å². The fourth-order valence-corrected chi connectivity index (χ4v) is 4.81. The number of fused-ring (bicyclic) bond motifs is 1. The molecule has 3 aromatic carbocycles. The third kappa shape index (κ3) is 4.45. The van der Waals surface area contributed by atoms with Crippen LogP contribution in [-0.4, -0.2) is 31.7 Å². The summed E-state index contributed by atoms with van der Waals surface area (Å²) in [5.41, 5.74) is 7.43. The van der Waals surface area contributed by atoms with Crippen molar-refractivity contribution in [2.45, 2.75) is 13.5 Å². The molecule has 0 bridgehead atoms. The highest BCUT2D eigenvalue weighted by Crippen LogP contribution is 2.40. The number of nitrogens with zero attached hydrogens (tertiary/aromatic N) is 1. The van der Waals surface area contributed by atoms with Crippen LogP contribution in [0.3, 0.4) is 0 Å². The minimum absolute atomic E-state index is 0.108. The molecule has 0 atom stereocenters. The van der Waals surface area contributed by atoms with Gasteiger partial charge >= 0.3 is 0 Å². The Kier molecular flexibility index (Phi) is 6.69. The van der Waals surface area contributed by atoms with Crippen molar-refractivity contribution < 1.29 is 19.0 Å². The van der Waals surface area contributed by atoms with Crippen LogP contribution >= 0.6 is 0 Å². The van der Waals surface area contributed by atoms with Gasteiger partial charge in [0.25, 0.3) is 0 Å². The molecule has 4 aromatic rings. The van der Waals surface area contributed by atoms with E-state index in [1.807, 2.05) is 49.4 Å². The predicted molar refractivity (Wildman–Crippen MR) is 147 cm³/mol. The molecule has 1 aliphatic heterocycles. The van der Waals surface area contributed by atoms with E-state index in [9.17, 15) is 4.79 Å². The lowest BCUT2D eigenvalue weighted by Crippen LogP contribution is -2.06. The van der Waals surface area contributed by atoms with Gasteiger partial charge in [-0.15, -0.1) is 0 Å². The van der Waals surface area contributed by atoms with Gasteiger partial charge in [-0.2, -0.15) is 0 Å². The van der Waals surface area contributed by atoms with E-state index >= 15 is 0 Å². The van der Waals surface area contributed by atoms with Crippen LogP contribution in [0.2, 0.25) is 0 Å². The number of hydrogen-bond acceptors (Lipinski definition) is 4. The fraction of sp³-hybridized carbons (Fsp3) is 0.156. The molecule has 0 N–H and O–H groups in total. The Labute approximate surface area is 217 Å². The Morgan fingerprint density at radius 3 is 1.95 bits per heavy atom. The van der Waals surface area contributed by atoms with E-state index in [0.29, 0.717) is 34.9 Å². The number of rotatable bonds is 7. The first-order valence-corrected chi connectivity index (χ1v) is 12.1. The zero-order chi connectivity index (χ0) is 25.9. The van der Waals surface area contributed by atoms with E-state index in [0.717, 1.165) is 33.7 Å². The average Bonchev–Trinajstić information content (AvgIpc) is 3.23. The third-order valence-corrected chi connectivity index (χ3v) is 6.75. The van der Waals surface area contributed by atoms with Crippen molar-refractivity contribution in [3.8, 4) is 39.6 Å². The second-order valence-electron chi connectivity index (χ2n) is 8.86. The molecule has 0 unspecified atom stereocenters. The Hall–Kier alpha value is -4.51. The molecule has 5 rings (SSSR count). The van der Waals surface area contributed by atoms with Crippen LogP contribution in [0, 0.1) is 0 Å². The van der Waals surface area contributed by atoms with Crippen molar-refractivity contribution in [3.05, 3.63) is 107 Å². The maximum Gasteiger partial charge on any atom is 0.203 e. The molecular formula is C32H29NO4. The van der Waals surface area contributed by atoms with Crippen LogP contribution in [-0.2, 0) is 6.54 Å². The Morgan fingerprint density at radius 1 is 0.784 bits per heavy atom. The maximum absolute atomic E-state index is 14.0. The molecule has 1 aliphatic rings. The first kappa shape index (κ1) is 24.2. The summed E-state index contributed by atoms with van der Waals surface area (Å²) in [7, 11) is 4.64. The lowest BCUT2D eigenvalue weighted by molar-refractivity contribution is 0.103. The number of carbonyl (C=O) groups is 1. The highest BCUT2D eigenvalue weighted by molar-refractivity contribution is 6.15. The van der Waals surface area contributed by atoms with E-state index in [1.165, 1.54) is 0 Å². The van der Waals surface area contributed by atoms with E-state index in [4.69, 9.17) is 14.2 Å². The number of carbonyl (C=O) groups excluding carboxylic acids is 1. The van der Waals surface area contributed by atoms with Gasteiger partial charge in [-0.3, -0.25) is 4.79 Å². The molecule has 0 fully saturated rings. The van der Waals surface area contributed by atoms with Gasteiger partial charge in [0.15, 0.2) is 17.3 Å². The van der Waals surface area contributed by atoms with Crippen LogP contribution in [0.1, 0.15) is 23.0 Å². The van der Waals surface area contributed by atoms with Gasteiger partial charge in [0, 0.05) is 28.9 Å². The van der Waals surface area contributed by atoms with E-state index in [2.05, 4.69) is 41.0 Å². The second kappa shape index (κ2) is 10.2. The molecule has 0 saturated heterocycles. The summed E-state index contributed by atoms with van der Waals surface area (Å²) in [6, 6.07) is 26.3. The van der Waals surface area contributed by atoms with E-state index in [1.54, 1.807) is 33.5 Å². The van der Waals surface area contributed by atoms with Crippen molar-refractivity contribution in [1.29, 1.82) is 0 Å². The summed E-state index contributed by atoms with van der Waals surface area (Å²) < 4.78 is 18.7. The zero-order valence-corrected chi connectivity index (χ0v) is 21.4. The lowest BCUT2D eigenvalue weighted by Gasteiger charge is -2.14. The van der Waals surface area contributed by atoms with Crippen molar-refractivity contribution in [3.63, 3.8) is 0 Å². The fourth-order valence-electron chi connectivity index (χ4n) is 4.81. The number of aromatic nitrogens is 1. The maximum atomic E-state index is 14.0. The molecule has 2 heterocycles. The summed E-state index contributed by atoms with van der Waals surface area (Å²) >= 11 is 0. The number of methoxy groups -OCH3 is 3. The van der Waals surface area contributed by atoms with Crippen LogP contribution in [0.5, 0.6) is 17.2 Å². The third-order valence-electron chi connectivity index (χ3n) is 6.75. The Bertz CT molecular complexity index is 1490. The number of ketones is 1. The molecule has 0 radical (unpaired) electrons. The summed E-state index contributed by atoms with van der Waals surface area (Å²) in [6.07, 6.45) is 4.12. The van der Waals surface area contributed by atoms with Gasteiger partial charge in [-0.25, -0.2) is 0 Å². The standard InChI is InChI=1S/C32H29NO4/c1-21-15-16-33-27(23-13-9-6-10-14-23)20-26(22-11-7-5-8-12-22)28(33)19-25(21)31(34)24-17-29(35-2)32(37-4)30(18-24)36-3/h5-15,17-20H,16H2,1-4H3. The highest BCUT2D eigenvalue weighted by atomic mass is 16.5. The number of ether oxygens (including phenoxy) is 3. The van der Waals surface area contributed by atoms with Crippen LogP contribution < -0.4 is 14.2 Å². The summed E-state index contributed by atoms with van der Waals surface area (Å²) in [6.45, 7) is 2.64. The minimum atomic E-state index is -0.108. The first-order valence-electron chi connectivity index (χ1n) is 12.1. The molecule has 186 valence electrons. The van der Waals surface area contributed by atoms with E-state index < -0.39 is 0 Å². The van der Waals surface area contributed by atoms with Crippen molar-refractivity contribution >= 4 is 11.9 Å². The van der Waals surface area contributed by atoms with Crippen molar-refractivity contribution in [2.75, 3.05) is 21.3 Å². The predicted octanol–water partition coefficient (Wildman–Crippen LogP) is 7.07. The van der Waals surface area contributed by atoms with Gasteiger partial charge in [0.2, 0.25) is 5.75 Å². The monoisotopic (exact) mass is 491 g/mol. The Balaban J connectivity index is 1.70. The number of hydrogen-bond donors (Lipinski definition) is 0. The molecule has 0 saturated carbocycles. The second-order valence-corrected chi connectivity index (χ2v) is 8.86. The SMILES string of the molecule is COc1cc(C(=O)C2=Cc3c(-c4ccccc4)cc(-c4ccccc4)n3CC=C2C)cc(OC)c1OC. The lowest BCUT2D eigenvalue weighted by atomic mass is 9.95. The molecule has 5 heteroatoms. The normalized spacial score (nSPS) is 12.6. The highest BCUT2D eigenvalue weighted by Gasteiger charge is 2.24. The van der Waals surface area contributed by atoms with E-state index in [-0.39, 0.29) is 5.78 Å². The molecule has 0 amide bonds. The molecular weight excluding hydrogens is 462 g/mol. The van der Waals surface area contributed by atoms with Crippen molar-refractivity contribution in [1.82, 2.24) is 4.57 Å². The molecule has 5 nitrogen and oxygen atoms in total. The largest absolute Gasteiger partial charge is 0.493 e. The molecule has 0 aliphatic carbocycles. The first-order chi connectivity index (χ1) is 18.0. The minimum Gasteiger partial charge on any atom is -0.493 e. The topological polar surface area (TPSA) is 49.7 Å². The van der Waals surface area contributed by atoms with Gasteiger partial charge in [-0.05, 0) is 47.9 Å². The van der Waals surface area contributed by atoms with Crippen LogP contribution in [0.4, 0.5) is 0 Å². The number of benzene rings is 3. The number of allylic oxidation sites excluding steroid dienone is 3. The molecule has 1 aromatic heterocycles. The smallest absolute Gasteiger partial charge is 0.203 e. The van der Waals surface area contributed by atoms with Gasteiger partial charge in [0.1, 0.15) is 0 Å².